The normalized spacial score (nSPS) is 16.0. The van der Waals surface area contributed by atoms with Gasteiger partial charge in [0.2, 0.25) is 0 Å². The molecule has 206 valence electrons. The first-order valence-corrected chi connectivity index (χ1v) is 13.7. The average Bonchev–Trinajstić information content (AvgIpc) is 3.00. The van der Waals surface area contributed by atoms with Crippen LogP contribution in [-0.4, -0.2) is 42.9 Å². The number of amides is 2. The van der Waals surface area contributed by atoms with Crippen molar-refractivity contribution in [2.75, 3.05) is 36.0 Å². The van der Waals surface area contributed by atoms with E-state index in [9.17, 15) is 14.0 Å². The molecule has 2 amide bonds. The van der Waals surface area contributed by atoms with Gasteiger partial charge in [-0.2, -0.15) is 0 Å². The third-order valence-electron chi connectivity index (χ3n) is 7.47. The minimum Gasteiger partial charge on any atom is -0.449 e. The number of benzene rings is 4. The smallest absolute Gasteiger partial charge is 0.294 e. The summed E-state index contributed by atoms with van der Waals surface area (Å²) in [6.45, 7) is 4.61. The van der Waals surface area contributed by atoms with Gasteiger partial charge in [0.25, 0.3) is 11.8 Å². The molecular weight excluding hydrogens is 517 g/mol. The number of hydrogen-bond acceptors (Lipinski definition) is 4. The third kappa shape index (κ3) is 5.57. The van der Waals surface area contributed by atoms with Crippen LogP contribution in [-0.2, 0) is 11.3 Å². The number of fused-ring (bicyclic) bond motifs is 1. The molecule has 4 aromatic rings. The maximum Gasteiger partial charge on any atom is 0.294 e. The Morgan fingerprint density at radius 3 is 2.29 bits per heavy atom. The lowest BCUT2D eigenvalue weighted by Gasteiger charge is -2.36. The summed E-state index contributed by atoms with van der Waals surface area (Å²) in [5.41, 5.74) is 4.78. The van der Waals surface area contributed by atoms with Crippen molar-refractivity contribution >= 4 is 29.3 Å². The molecule has 0 unspecified atom stereocenters. The van der Waals surface area contributed by atoms with E-state index < -0.39 is 0 Å². The highest BCUT2D eigenvalue weighted by molar-refractivity contribution is 6.09. The number of rotatable bonds is 5. The topological polar surface area (TPSA) is 53.1 Å². The summed E-state index contributed by atoms with van der Waals surface area (Å²) in [4.78, 5) is 32.2. The van der Waals surface area contributed by atoms with E-state index in [0.717, 1.165) is 22.4 Å². The number of halogens is 1. The summed E-state index contributed by atoms with van der Waals surface area (Å²) in [6, 6.07) is 29.5. The standard InChI is InChI=1S/C34H30FN3O3/c1-24-7-6-8-26(21-24)23-38-30-11-4-5-12-31(30)41-32(34(38)40)22-25-13-15-27(16-14-25)33(39)37-19-17-36(18-20-37)29-10-3-2-9-28(29)35/h2-16,21-22H,17-20,23H2,1H3/b32-22+. The molecule has 2 aliphatic rings. The second-order valence-corrected chi connectivity index (χ2v) is 10.3. The van der Waals surface area contributed by atoms with Gasteiger partial charge in [-0.05, 0) is 60.5 Å². The van der Waals surface area contributed by atoms with Crippen LogP contribution < -0.4 is 14.5 Å². The predicted molar refractivity (Wildman–Crippen MR) is 158 cm³/mol. The van der Waals surface area contributed by atoms with Crippen LogP contribution in [0.1, 0.15) is 27.0 Å². The average molecular weight is 548 g/mol. The summed E-state index contributed by atoms with van der Waals surface area (Å²) < 4.78 is 20.2. The molecule has 0 saturated carbocycles. The van der Waals surface area contributed by atoms with E-state index in [1.807, 2.05) is 72.5 Å². The van der Waals surface area contributed by atoms with Gasteiger partial charge in [0.1, 0.15) is 5.82 Å². The van der Waals surface area contributed by atoms with E-state index in [2.05, 4.69) is 6.07 Å². The van der Waals surface area contributed by atoms with Gasteiger partial charge in [-0.15, -0.1) is 0 Å². The Bertz CT molecular complexity index is 1620. The SMILES string of the molecule is Cc1cccc(CN2C(=O)/C(=C\c3ccc(C(=O)N4CCN(c5ccccc5F)CC4)cc3)Oc3ccccc32)c1. The summed E-state index contributed by atoms with van der Waals surface area (Å²) in [7, 11) is 0. The van der Waals surface area contributed by atoms with E-state index in [1.165, 1.54) is 6.07 Å². The molecule has 41 heavy (non-hydrogen) atoms. The highest BCUT2D eigenvalue weighted by Gasteiger charge is 2.30. The molecule has 0 spiro atoms. The van der Waals surface area contributed by atoms with Crippen LogP contribution in [0.5, 0.6) is 5.75 Å². The zero-order chi connectivity index (χ0) is 28.3. The molecule has 4 aromatic carbocycles. The van der Waals surface area contributed by atoms with Crippen molar-refractivity contribution in [3.05, 3.63) is 131 Å². The molecule has 6 rings (SSSR count). The number of para-hydroxylation sites is 3. The van der Waals surface area contributed by atoms with Crippen molar-refractivity contribution < 1.29 is 18.7 Å². The van der Waals surface area contributed by atoms with Crippen LogP contribution in [0.3, 0.4) is 0 Å². The Morgan fingerprint density at radius 1 is 0.854 bits per heavy atom. The van der Waals surface area contributed by atoms with Crippen molar-refractivity contribution in [1.29, 1.82) is 0 Å². The van der Waals surface area contributed by atoms with Gasteiger partial charge in [0.15, 0.2) is 11.5 Å². The van der Waals surface area contributed by atoms with Gasteiger partial charge in [-0.25, -0.2) is 4.39 Å². The minimum atomic E-state index is -0.251. The van der Waals surface area contributed by atoms with Crippen molar-refractivity contribution in [3.8, 4) is 5.75 Å². The zero-order valence-electron chi connectivity index (χ0n) is 22.8. The molecule has 6 nitrogen and oxygen atoms in total. The quantitative estimate of drug-likeness (QED) is 0.285. The van der Waals surface area contributed by atoms with Crippen LogP contribution in [0.25, 0.3) is 6.08 Å². The summed E-state index contributed by atoms with van der Waals surface area (Å²) in [5, 5.41) is 0. The fourth-order valence-corrected chi connectivity index (χ4v) is 5.33. The highest BCUT2D eigenvalue weighted by Crippen LogP contribution is 2.36. The maximum atomic E-state index is 14.2. The first-order valence-electron chi connectivity index (χ1n) is 13.7. The molecule has 0 aliphatic carbocycles. The molecule has 0 bridgehead atoms. The molecule has 0 N–H and O–H groups in total. The first-order chi connectivity index (χ1) is 20.0. The summed E-state index contributed by atoms with van der Waals surface area (Å²) >= 11 is 0. The molecule has 2 aliphatic heterocycles. The van der Waals surface area contributed by atoms with Crippen LogP contribution in [0.2, 0.25) is 0 Å². The number of carbonyl (C=O) groups is 2. The maximum absolute atomic E-state index is 14.2. The van der Waals surface area contributed by atoms with Gasteiger partial charge < -0.3 is 14.5 Å². The second kappa shape index (κ2) is 11.3. The number of hydrogen-bond donors (Lipinski definition) is 0. The van der Waals surface area contributed by atoms with Crippen molar-refractivity contribution in [3.63, 3.8) is 0 Å². The monoisotopic (exact) mass is 547 g/mol. The Kier molecular flexibility index (Phi) is 7.25. The molecular formula is C34H30FN3O3. The number of nitrogens with zero attached hydrogens (tertiary/aromatic N) is 3. The lowest BCUT2D eigenvalue weighted by atomic mass is 10.1. The van der Waals surface area contributed by atoms with Crippen LogP contribution in [0.4, 0.5) is 15.8 Å². The summed E-state index contributed by atoms with van der Waals surface area (Å²) in [6.07, 6.45) is 1.71. The van der Waals surface area contributed by atoms with Crippen LogP contribution in [0, 0.1) is 12.7 Å². The van der Waals surface area contributed by atoms with Gasteiger partial charge in [0, 0.05) is 31.7 Å². The second-order valence-electron chi connectivity index (χ2n) is 10.3. The highest BCUT2D eigenvalue weighted by atomic mass is 19.1. The fourth-order valence-electron chi connectivity index (χ4n) is 5.33. The van der Waals surface area contributed by atoms with Gasteiger partial charge in [-0.3, -0.25) is 14.5 Å². The van der Waals surface area contributed by atoms with Gasteiger partial charge in [-0.1, -0.05) is 66.2 Å². The Labute approximate surface area is 238 Å². The molecule has 0 aromatic heterocycles. The number of piperazine rings is 1. The van der Waals surface area contributed by atoms with Crippen LogP contribution in [0.15, 0.2) is 103 Å². The van der Waals surface area contributed by atoms with E-state index >= 15 is 0 Å². The first kappa shape index (κ1) is 26.3. The number of aryl methyl sites for hydroxylation is 1. The van der Waals surface area contributed by atoms with Crippen molar-refractivity contribution in [1.82, 2.24) is 4.90 Å². The molecule has 0 atom stereocenters. The molecule has 1 fully saturated rings. The lowest BCUT2D eigenvalue weighted by molar-refractivity contribution is -0.117. The fraction of sp³-hybridized carbons (Fsp3) is 0.176. The Morgan fingerprint density at radius 2 is 1.56 bits per heavy atom. The Balaban J connectivity index is 1.16. The third-order valence-corrected chi connectivity index (χ3v) is 7.47. The number of carbonyl (C=O) groups excluding carboxylic acids is 2. The van der Waals surface area contributed by atoms with Gasteiger partial charge in [0.05, 0.1) is 17.9 Å². The summed E-state index contributed by atoms with van der Waals surface area (Å²) in [5.74, 6) is 0.296. The van der Waals surface area contributed by atoms with E-state index in [0.29, 0.717) is 49.7 Å². The zero-order valence-corrected chi connectivity index (χ0v) is 22.8. The van der Waals surface area contributed by atoms with Crippen LogP contribution >= 0.6 is 0 Å². The number of anilines is 2. The minimum absolute atomic E-state index is 0.0689. The van der Waals surface area contributed by atoms with Gasteiger partial charge >= 0.3 is 0 Å². The van der Waals surface area contributed by atoms with E-state index in [4.69, 9.17) is 4.74 Å². The molecule has 2 heterocycles. The van der Waals surface area contributed by atoms with E-state index in [-0.39, 0.29) is 23.4 Å². The number of ether oxygens (including phenoxy) is 1. The van der Waals surface area contributed by atoms with Crippen molar-refractivity contribution in [2.24, 2.45) is 0 Å². The lowest BCUT2D eigenvalue weighted by Crippen LogP contribution is -2.49. The molecule has 1 saturated heterocycles. The molecule has 0 radical (unpaired) electrons. The van der Waals surface area contributed by atoms with E-state index in [1.54, 1.807) is 40.1 Å². The predicted octanol–water partition coefficient (Wildman–Crippen LogP) is 6.06. The largest absolute Gasteiger partial charge is 0.449 e. The van der Waals surface area contributed by atoms with Crippen molar-refractivity contribution in [2.45, 2.75) is 13.5 Å². The molecule has 7 heteroatoms. The Hall–Kier alpha value is -4.91.